The predicted molar refractivity (Wildman–Crippen MR) is 195 cm³/mol. The average molecular weight is 723 g/mol. The number of hydrogen-bond acceptors (Lipinski definition) is 11. The number of unbranched alkanes of at least 4 members (excludes halogenated alkanes) is 3. The van der Waals surface area contributed by atoms with Crippen molar-refractivity contribution in [2.24, 2.45) is 17.4 Å². The normalized spacial score (nSPS) is 21.5. The summed E-state index contributed by atoms with van der Waals surface area (Å²) >= 11 is 0. The molecule has 284 valence electrons. The van der Waals surface area contributed by atoms with Crippen molar-refractivity contribution in [3.05, 3.63) is 52.6 Å². The summed E-state index contributed by atoms with van der Waals surface area (Å²) < 4.78 is 18.8. The Hall–Kier alpha value is -4.11. The van der Waals surface area contributed by atoms with E-state index in [1.165, 1.54) is 27.9 Å². The number of benzene rings is 1. The van der Waals surface area contributed by atoms with Crippen LogP contribution < -0.4 is 22.5 Å². The minimum Gasteiger partial charge on any atom is -0.461 e. The second-order valence-corrected chi connectivity index (χ2v) is 14.3. The molecule has 2 saturated heterocycles. The van der Waals surface area contributed by atoms with Crippen molar-refractivity contribution in [2.75, 3.05) is 19.7 Å². The number of aliphatic hydroxyl groups is 1. The number of carbonyl (C=O) groups is 3. The zero-order chi connectivity index (χ0) is 37.4. The highest BCUT2D eigenvalue weighted by Gasteiger charge is 2.40. The van der Waals surface area contributed by atoms with Crippen LogP contribution in [0.5, 0.6) is 0 Å². The molecule has 0 saturated carbocycles. The summed E-state index contributed by atoms with van der Waals surface area (Å²) in [5.41, 5.74) is 13.4. The van der Waals surface area contributed by atoms with Gasteiger partial charge in [0.25, 0.3) is 0 Å². The van der Waals surface area contributed by atoms with Crippen molar-refractivity contribution in [3.63, 3.8) is 0 Å². The van der Waals surface area contributed by atoms with Crippen LogP contribution in [0.4, 0.5) is 0 Å². The van der Waals surface area contributed by atoms with E-state index in [1.54, 1.807) is 20.0 Å². The molecule has 0 aliphatic carbocycles. The van der Waals surface area contributed by atoms with Crippen molar-refractivity contribution in [3.8, 4) is 11.3 Å². The van der Waals surface area contributed by atoms with Gasteiger partial charge in [-0.25, -0.2) is 9.59 Å². The number of ether oxygens (including phenoxy) is 2. The van der Waals surface area contributed by atoms with Gasteiger partial charge in [-0.2, -0.15) is 4.98 Å². The van der Waals surface area contributed by atoms with Crippen LogP contribution in [0.3, 0.4) is 0 Å². The molecule has 1 aromatic carbocycles. The van der Waals surface area contributed by atoms with Crippen molar-refractivity contribution < 1.29 is 33.4 Å². The average Bonchev–Trinajstić information content (AvgIpc) is 3.87. The van der Waals surface area contributed by atoms with E-state index >= 15 is 0 Å². The van der Waals surface area contributed by atoms with Crippen molar-refractivity contribution in [1.29, 1.82) is 0 Å². The Morgan fingerprint density at radius 3 is 2.62 bits per heavy atom. The van der Waals surface area contributed by atoms with Gasteiger partial charge in [-0.15, -0.1) is 0 Å². The molecule has 0 bridgehead atoms. The first kappa shape index (κ1) is 39.1. The third-order valence-corrected chi connectivity index (χ3v) is 9.99. The molecule has 0 unspecified atom stereocenters. The number of hydrogen-bond donors (Lipinski definition) is 4. The van der Waals surface area contributed by atoms with Gasteiger partial charge in [0.05, 0.1) is 17.5 Å². The van der Waals surface area contributed by atoms with E-state index in [0.29, 0.717) is 43.5 Å². The zero-order valence-electron chi connectivity index (χ0n) is 30.5. The predicted octanol–water partition coefficient (Wildman–Crippen LogP) is 3.17. The number of nitrogens with two attached hydrogens (primary N) is 2. The number of esters is 1. The molecule has 0 spiro atoms. The molecule has 2 amide bonds. The Kier molecular flexibility index (Phi) is 13.6. The number of fused-ring (bicyclic) bond motifs is 1. The van der Waals surface area contributed by atoms with Crippen LogP contribution >= 0.6 is 0 Å². The lowest BCUT2D eigenvalue weighted by molar-refractivity contribution is -0.155. The van der Waals surface area contributed by atoms with Crippen LogP contribution in [-0.4, -0.2) is 87.4 Å². The number of aromatic nitrogens is 2. The number of likely N-dealkylation sites (tertiary alicyclic amines) is 1. The molecule has 0 radical (unpaired) electrons. The fourth-order valence-corrected chi connectivity index (χ4v) is 6.87. The van der Waals surface area contributed by atoms with Crippen LogP contribution in [0.15, 0.2) is 45.7 Å². The lowest BCUT2D eigenvalue weighted by atomic mass is 10.0. The van der Waals surface area contributed by atoms with E-state index < -0.39 is 54.1 Å². The fraction of sp³-hybridized carbons (Fsp3) is 0.605. The van der Waals surface area contributed by atoms with Gasteiger partial charge in [-0.05, 0) is 62.6 Å². The monoisotopic (exact) mass is 722 g/mol. The first-order chi connectivity index (χ1) is 25.0. The largest absolute Gasteiger partial charge is 0.461 e. The molecule has 2 aromatic heterocycles. The van der Waals surface area contributed by atoms with Crippen LogP contribution in [0.25, 0.3) is 22.4 Å². The maximum absolute atomic E-state index is 13.4. The fourth-order valence-electron chi connectivity index (χ4n) is 6.87. The molecular formula is C38H54N6O8. The Balaban J connectivity index is 1.17. The SMILES string of the molecule is CCCCCc1ccc(-c2cc3cn([C@H]4C[C@H](O)[C@@H](COC(=O)[C@@H](NC(=O)[C@@H]5CCCN5C(=O)[C@@H](N)CCCCN)C(C)C)O4)c(=O)nc3o2)cc1. The third kappa shape index (κ3) is 9.46. The van der Waals surface area contributed by atoms with E-state index in [0.717, 1.165) is 31.2 Å². The van der Waals surface area contributed by atoms with Gasteiger partial charge in [-0.1, -0.05) is 64.3 Å². The number of rotatable bonds is 17. The number of aliphatic hydroxyl groups excluding tert-OH is 1. The maximum Gasteiger partial charge on any atom is 0.353 e. The maximum atomic E-state index is 13.4. The van der Waals surface area contributed by atoms with E-state index in [9.17, 15) is 24.3 Å². The molecule has 14 heteroatoms. The van der Waals surface area contributed by atoms with Crippen LogP contribution in [0, 0.1) is 5.92 Å². The molecule has 4 heterocycles. The number of carbonyl (C=O) groups excluding carboxylic acids is 3. The van der Waals surface area contributed by atoms with E-state index in [1.807, 2.05) is 18.2 Å². The highest BCUT2D eigenvalue weighted by molar-refractivity contribution is 5.92. The minimum absolute atomic E-state index is 0.0732. The first-order valence-electron chi connectivity index (χ1n) is 18.7. The molecule has 6 atom stereocenters. The molecule has 2 fully saturated rings. The smallest absolute Gasteiger partial charge is 0.353 e. The van der Waals surface area contributed by atoms with Crippen molar-refractivity contribution in [2.45, 2.75) is 122 Å². The van der Waals surface area contributed by atoms with Crippen LogP contribution in [0.2, 0.25) is 0 Å². The Morgan fingerprint density at radius 1 is 1.13 bits per heavy atom. The van der Waals surface area contributed by atoms with Gasteiger partial charge >= 0.3 is 11.7 Å². The van der Waals surface area contributed by atoms with Gasteiger partial charge in [0.15, 0.2) is 0 Å². The molecule has 2 aliphatic rings. The Labute approximate surface area is 304 Å². The van der Waals surface area contributed by atoms with E-state index in [4.69, 9.17) is 25.4 Å². The molecule has 2 aliphatic heterocycles. The van der Waals surface area contributed by atoms with Crippen LogP contribution in [0.1, 0.15) is 90.3 Å². The number of aryl methyl sites for hydroxylation is 1. The summed E-state index contributed by atoms with van der Waals surface area (Å²) in [7, 11) is 0. The first-order valence-corrected chi connectivity index (χ1v) is 18.7. The second kappa shape index (κ2) is 18.1. The molecule has 52 heavy (non-hydrogen) atoms. The van der Waals surface area contributed by atoms with Crippen LogP contribution in [-0.2, 0) is 30.3 Å². The summed E-state index contributed by atoms with van der Waals surface area (Å²) in [6.45, 7) is 6.36. The van der Waals surface area contributed by atoms with Crippen molar-refractivity contribution in [1.82, 2.24) is 19.8 Å². The Morgan fingerprint density at radius 2 is 1.90 bits per heavy atom. The molecule has 3 aromatic rings. The standard InChI is InChI=1S/C38H54N6O8/c1-4-5-6-10-24-13-15-25(16-14-24)30-19-26-21-44(38(49)42-35(26)52-30)32-20-29(45)31(51-32)22-50-37(48)33(23(2)3)41-34(46)28-12-9-18-43(28)36(47)27(40)11-7-8-17-39/h13-16,19,21,23,27-29,31-33,45H,4-12,17-18,20,22,39-40H2,1-3H3,(H,41,46)/t27-,28-,29-,31+,32+,33-/m0/s1. The lowest BCUT2D eigenvalue weighted by Gasteiger charge is -2.29. The lowest BCUT2D eigenvalue weighted by Crippen LogP contribution is -2.55. The topological polar surface area (TPSA) is 205 Å². The zero-order valence-corrected chi connectivity index (χ0v) is 30.5. The number of nitrogens with zero attached hydrogens (tertiary/aromatic N) is 3. The summed E-state index contributed by atoms with van der Waals surface area (Å²) in [6, 6.07) is 7.51. The van der Waals surface area contributed by atoms with Gasteiger partial charge in [0.2, 0.25) is 17.5 Å². The number of furan rings is 1. The number of amides is 2. The highest BCUT2D eigenvalue weighted by Crippen LogP contribution is 2.31. The second-order valence-electron chi connectivity index (χ2n) is 14.3. The molecule has 14 nitrogen and oxygen atoms in total. The van der Waals surface area contributed by atoms with Gasteiger partial charge in [0.1, 0.15) is 36.8 Å². The van der Waals surface area contributed by atoms with Gasteiger partial charge < -0.3 is 40.7 Å². The quantitative estimate of drug-likeness (QED) is 0.118. The third-order valence-electron chi connectivity index (χ3n) is 9.99. The minimum atomic E-state index is -1.03. The highest BCUT2D eigenvalue weighted by atomic mass is 16.6. The molecular weight excluding hydrogens is 668 g/mol. The van der Waals surface area contributed by atoms with E-state index in [2.05, 4.69) is 29.4 Å². The summed E-state index contributed by atoms with van der Waals surface area (Å²) in [6.07, 6.45) is 6.47. The van der Waals surface area contributed by atoms with Gasteiger partial charge in [-0.3, -0.25) is 14.2 Å². The number of nitrogens with one attached hydrogen (secondary N) is 1. The summed E-state index contributed by atoms with van der Waals surface area (Å²) in [5.74, 6) is -1.18. The molecule has 5 rings (SSSR count). The van der Waals surface area contributed by atoms with E-state index in [-0.39, 0.29) is 30.6 Å². The van der Waals surface area contributed by atoms with Gasteiger partial charge in [0, 0.05) is 24.7 Å². The Bertz CT molecular complexity index is 1720. The molecule has 6 N–H and O–H groups in total. The summed E-state index contributed by atoms with van der Waals surface area (Å²) in [5, 5.41) is 14.2. The van der Waals surface area contributed by atoms with Crippen molar-refractivity contribution >= 4 is 28.9 Å². The summed E-state index contributed by atoms with van der Waals surface area (Å²) in [4.78, 5) is 58.3.